The van der Waals surface area contributed by atoms with Crippen molar-refractivity contribution in [1.82, 2.24) is 9.88 Å². The molecule has 1 aliphatic rings. The fourth-order valence-corrected chi connectivity index (χ4v) is 8.18. The van der Waals surface area contributed by atoms with E-state index in [1.165, 1.54) is 14.0 Å². The predicted molar refractivity (Wildman–Crippen MR) is 246 cm³/mol. The number of carbonyl (C=O) groups is 3. The van der Waals surface area contributed by atoms with Crippen molar-refractivity contribution in [2.45, 2.75) is 103 Å². The lowest BCUT2D eigenvalue weighted by Gasteiger charge is -2.46. The summed E-state index contributed by atoms with van der Waals surface area (Å²) < 4.78 is 47.2. The molecule has 12 nitrogen and oxygen atoms in total. The monoisotopic (exact) mass is 882 g/mol. The third-order valence-electron chi connectivity index (χ3n) is 11.1. The quantitative estimate of drug-likeness (QED) is 0.0834. The Hall–Kier alpha value is -6.15. The molecule has 6 atom stereocenters. The minimum Gasteiger partial charge on any atom is -0.467 e. The van der Waals surface area contributed by atoms with E-state index in [9.17, 15) is 14.4 Å². The summed E-state index contributed by atoms with van der Waals surface area (Å²) in [4.78, 5) is 41.1. The van der Waals surface area contributed by atoms with E-state index in [2.05, 4.69) is 5.32 Å². The summed E-state index contributed by atoms with van der Waals surface area (Å²) in [6.07, 6.45) is -5.16. The Morgan fingerprint density at radius 2 is 1.12 bits per heavy atom. The number of benzene rings is 5. The number of fused-ring (bicyclic) bond motifs is 1. The van der Waals surface area contributed by atoms with Crippen molar-refractivity contribution in [2.24, 2.45) is 0 Å². The number of para-hydroxylation sites is 1. The normalized spacial score (nSPS) is 19.1. The van der Waals surface area contributed by atoms with Crippen LogP contribution in [0.1, 0.15) is 72.1 Å². The molecule has 1 aliphatic heterocycles. The van der Waals surface area contributed by atoms with Gasteiger partial charge in [0.05, 0.1) is 51.4 Å². The average Bonchev–Trinajstić information content (AvgIpc) is 3.63. The van der Waals surface area contributed by atoms with E-state index in [1.54, 1.807) is 25.3 Å². The van der Waals surface area contributed by atoms with Gasteiger partial charge in [0, 0.05) is 18.7 Å². The highest BCUT2D eigenvalue weighted by molar-refractivity contribution is 5.96. The summed E-state index contributed by atoms with van der Waals surface area (Å²) >= 11 is 0. The van der Waals surface area contributed by atoms with Gasteiger partial charge < -0.3 is 38.5 Å². The van der Waals surface area contributed by atoms with Crippen LogP contribution in [0.15, 0.2) is 146 Å². The first-order chi connectivity index (χ1) is 31.5. The molecular weight excluding hydrogens is 825 g/mol. The number of aromatic nitrogens is 1. The van der Waals surface area contributed by atoms with E-state index in [4.69, 9.17) is 33.2 Å². The highest BCUT2D eigenvalue weighted by Crippen LogP contribution is 2.43. The maximum absolute atomic E-state index is 14.2. The zero-order valence-corrected chi connectivity index (χ0v) is 37.6. The van der Waals surface area contributed by atoms with Crippen molar-refractivity contribution in [3.05, 3.63) is 179 Å². The van der Waals surface area contributed by atoms with Gasteiger partial charge in [-0.25, -0.2) is 9.59 Å². The van der Waals surface area contributed by atoms with Gasteiger partial charge in [0.15, 0.2) is 0 Å². The summed E-state index contributed by atoms with van der Waals surface area (Å²) in [5.74, 6) is -1.00. The smallest absolute Gasteiger partial charge is 0.408 e. The van der Waals surface area contributed by atoms with Crippen molar-refractivity contribution in [2.75, 3.05) is 13.7 Å². The molecule has 1 amide bonds. The first kappa shape index (κ1) is 46.8. The molecule has 65 heavy (non-hydrogen) atoms. The SMILES string of the molecule is COC(=O)[C@H](Cc1c([C@H]2O[C@H](COCc3ccccc3)[C@@H](OCc3ccccc3)[C@H](OCc3ccccc3)[C@H]2OCc2ccccc2)n(C(C)=O)c2ccccc12)NC(=O)OC(C)(C)C. The Balaban J connectivity index is 1.39. The molecule has 1 saturated heterocycles. The van der Waals surface area contributed by atoms with E-state index in [1.807, 2.05) is 146 Å². The van der Waals surface area contributed by atoms with Gasteiger partial charge in [0.1, 0.15) is 42.2 Å². The molecule has 0 saturated carbocycles. The third kappa shape index (κ3) is 12.4. The molecule has 0 radical (unpaired) electrons. The molecule has 0 aliphatic carbocycles. The van der Waals surface area contributed by atoms with Gasteiger partial charge in [-0.15, -0.1) is 0 Å². The summed E-state index contributed by atoms with van der Waals surface area (Å²) in [6.45, 7) is 7.69. The number of nitrogens with zero attached hydrogens (tertiary/aromatic N) is 1. The molecule has 1 aromatic heterocycles. The molecule has 0 unspecified atom stereocenters. The van der Waals surface area contributed by atoms with Crippen LogP contribution < -0.4 is 5.32 Å². The maximum atomic E-state index is 14.2. The fourth-order valence-electron chi connectivity index (χ4n) is 8.18. The van der Waals surface area contributed by atoms with Crippen LogP contribution in [0.4, 0.5) is 4.79 Å². The molecule has 340 valence electrons. The number of amides is 1. The van der Waals surface area contributed by atoms with Crippen LogP contribution in [0.5, 0.6) is 0 Å². The average molecular weight is 883 g/mol. The maximum Gasteiger partial charge on any atom is 0.408 e. The fraction of sp³-hybridized carbons (Fsp3) is 0.340. The molecule has 6 aromatic rings. The topological polar surface area (TPSA) is 133 Å². The van der Waals surface area contributed by atoms with Gasteiger partial charge in [0.25, 0.3) is 0 Å². The van der Waals surface area contributed by atoms with Crippen molar-refractivity contribution in [3.63, 3.8) is 0 Å². The van der Waals surface area contributed by atoms with Gasteiger partial charge in [-0.2, -0.15) is 0 Å². The summed E-state index contributed by atoms with van der Waals surface area (Å²) in [7, 11) is 1.26. The Labute approximate surface area is 380 Å². The van der Waals surface area contributed by atoms with Crippen LogP contribution in [-0.4, -0.2) is 72.3 Å². The predicted octanol–water partition coefficient (Wildman–Crippen LogP) is 9.32. The van der Waals surface area contributed by atoms with Crippen LogP contribution in [0.2, 0.25) is 0 Å². The highest BCUT2D eigenvalue weighted by atomic mass is 16.6. The second-order valence-corrected chi connectivity index (χ2v) is 17.0. The van der Waals surface area contributed by atoms with Crippen molar-refractivity contribution in [1.29, 1.82) is 0 Å². The van der Waals surface area contributed by atoms with Crippen LogP contribution in [0, 0.1) is 0 Å². The van der Waals surface area contributed by atoms with Crippen molar-refractivity contribution < 1.29 is 47.5 Å². The third-order valence-corrected chi connectivity index (χ3v) is 11.1. The molecule has 5 aromatic carbocycles. The standard InChI is InChI=1S/C53H58N2O10/c1-36(56)55-44-29-19-18-28-41(44)42(30-43(51(57)59-5)54-52(58)65-53(2,3)4)46(55)48-50(63-34-40-26-16-9-17-27-40)49(62-33-39-24-14-8-15-25-39)47(61-32-38-22-12-7-13-23-38)45(64-48)35-60-31-37-20-10-6-11-21-37/h6-29,43,45,47-50H,30-35H2,1-5H3,(H,54,58)/t43-,45+,47+,48+,49-,50-/m0/s1. The number of esters is 1. The van der Waals surface area contributed by atoms with Crippen LogP contribution in [0.3, 0.4) is 0 Å². The molecule has 7 rings (SSSR count). The van der Waals surface area contributed by atoms with E-state index < -0.39 is 54.2 Å². The van der Waals surface area contributed by atoms with Crippen LogP contribution in [-0.2, 0) is 70.8 Å². The van der Waals surface area contributed by atoms with Gasteiger partial charge in [0.2, 0.25) is 5.91 Å². The first-order valence-electron chi connectivity index (χ1n) is 21.9. The minimum absolute atomic E-state index is 0.0854. The number of hydrogen-bond acceptors (Lipinski definition) is 10. The second kappa shape index (κ2) is 22.2. The van der Waals surface area contributed by atoms with Crippen molar-refractivity contribution >= 4 is 28.9 Å². The van der Waals surface area contributed by atoms with E-state index in [0.29, 0.717) is 28.8 Å². The number of ether oxygens (including phenoxy) is 7. The summed E-state index contributed by atoms with van der Waals surface area (Å²) in [6, 6.07) is 45.6. The number of rotatable bonds is 18. The Morgan fingerprint density at radius 1 is 0.646 bits per heavy atom. The van der Waals surface area contributed by atoms with Gasteiger partial charge >= 0.3 is 12.1 Å². The van der Waals surface area contributed by atoms with Gasteiger partial charge in [-0.1, -0.05) is 140 Å². The largest absolute Gasteiger partial charge is 0.467 e. The number of hydrogen-bond donors (Lipinski definition) is 1. The highest BCUT2D eigenvalue weighted by Gasteiger charge is 2.51. The van der Waals surface area contributed by atoms with Crippen LogP contribution in [0.25, 0.3) is 10.9 Å². The molecule has 0 spiro atoms. The lowest BCUT2D eigenvalue weighted by Crippen LogP contribution is -2.58. The van der Waals surface area contributed by atoms with E-state index in [-0.39, 0.29) is 38.8 Å². The first-order valence-corrected chi connectivity index (χ1v) is 21.9. The summed E-state index contributed by atoms with van der Waals surface area (Å²) in [5.41, 5.74) is 4.50. The van der Waals surface area contributed by atoms with Gasteiger partial charge in [-0.3, -0.25) is 9.36 Å². The molecular formula is C53H58N2O10. The lowest BCUT2D eigenvalue weighted by atomic mass is 9.89. The number of alkyl carbamates (subject to hydrolysis) is 1. The van der Waals surface area contributed by atoms with Crippen molar-refractivity contribution in [3.8, 4) is 0 Å². The molecule has 2 heterocycles. The second-order valence-electron chi connectivity index (χ2n) is 17.0. The lowest BCUT2D eigenvalue weighted by molar-refractivity contribution is -0.276. The number of methoxy groups -OCH3 is 1. The van der Waals surface area contributed by atoms with E-state index in [0.717, 1.165) is 22.3 Å². The molecule has 1 N–H and O–H groups in total. The summed E-state index contributed by atoms with van der Waals surface area (Å²) in [5, 5.41) is 3.41. The Kier molecular flexibility index (Phi) is 16.0. The Bertz CT molecular complexity index is 2450. The number of nitrogens with one attached hydrogen (secondary N) is 1. The molecule has 12 heteroatoms. The number of carbonyl (C=O) groups excluding carboxylic acids is 3. The molecule has 1 fully saturated rings. The zero-order chi connectivity index (χ0) is 45.8. The minimum atomic E-state index is -1.22. The van der Waals surface area contributed by atoms with Gasteiger partial charge in [-0.05, 0) is 54.7 Å². The molecule has 0 bridgehead atoms. The van der Waals surface area contributed by atoms with Crippen LogP contribution >= 0.6 is 0 Å². The zero-order valence-electron chi connectivity index (χ0n) is 37.6. The Morgan fingerprint density at radius 3 is 1.63 bits per heavy atom. The van der Waals surface area contributed by atoms with E-state index >= 15 is 0 Å².